The van der Waals surface area contributed by atoms with Crippen LogP contribution >= 0.6 is 0 Å². The summed E-state index contributed by atoms with van der Waals surface area (Å²) in [6.45, 7) is 3.93. The van der Waals surface area contributed by atoms with Crippen molar-refractivity contribution < 1.29 is 37.0 Å². The number of aromatic nitrogens is 2. The minimum absolute atomic E-state index is 0.140. The van der Waals surface area contributed by atoms with Crippen LogP contribution in [0.4, 0.5) is 13.2 Å². The normalized spacial score (nSPS) is 12.3. The molecule has 7 nitrogen and oxygen atoms in total. The van der Waals surface area contributed by atoms with Crippen LogP contribution in [-0.2, 0) is 27.7 Å². The quantitative estimate of drug-likeness (QED) is 0.289. The van der Waals surface area contributed by atoms with Crippen molar-refractivity contribution in [1.82, 2.24) is 9.97 Å². The molecule has 184 valence electrons. The maximum absolute atomic E-state index is 12.7. The number of carboxylic acids is 1. The number of H-pyrrole nitrogens is 1. The number of hydrogen-bond donors (Lipinski definition) is 2. The fourth-order valence-corrected chi connectivity index (χ4v) is 3.52. The van der Waals surface area contributed by atoms with Crippen molar-refractivity contribution in [2.24, 2.45) is 0 Å². The molecule has 0 fully saturated rings. The predicted molar refractivity (Wildman–Crippen MR) is 121 cm³/mol. The van der Waals surface area contributed by atoms with E-state index < -0.39 is 23.1 Å². The Bertz CT molecular complexity index is 1320. The first kappa shape index (κ1) is 24.3. The lowest BCUT2D eigenvalue weighted by Crippen LogP contribution is -2.28. The number of nitrogens with one attached hydrogen (secondary N) is 1. The number of nitrogens with zero attached hydrogens (tertiary/aromatic N) is 1. The molecular weight excluding hydrogens is 465 g/mol. The number of benzene rings is 2. The first-order valence-corrected chi connectivity index (χ1v) is 10.7. The second-order valence-electron chi connectivity index (χ2n) is 8.46. The van der Waals surface area contributed by atoms with Gasteiger partial charge in [0.25, 0.3) is 0 Å². The van der Waals surface area contributed by atoms with Crippen LogP contribution in [-0.4, -0.2) is 34.3 Å². The van der Waals surface area contributed by atoms with E-state index in [4.69, 9.17) is 13.9 Å². The second kappa shape index (κ2) is 9.46. The molecule has 0 atom stereocenters. The van der Waals surface area contributed by atoms with Crippen LogP contribution in [0.15, 0.2) is 59.3 Å². The van der Waals surface area contributed by atoms with Gasteiger partial charge in [0.15, 0.2) is 0 Å². The molecule has 0 amide bonds. The zero-order valence-electron chi connectivity index (χ0n) is 19.0. The van der Waals surface area contributed by atoms with Crippen molar-refractivity contribution in [2.75, 3.05) is 13.2 Å². The van der Waals surface area contributed by atoms with Crippen molar-refractivity contribution in [3.8, 4) is 17.2 Å². The van der Waals surface area contributed by atoms with Gasteiger partial charge in [-0.2, -0.15) is 13.2 Å². The lowest BCUT2D eigenvalue weighted by molar-refractivity contribution is -0.142. The van der Waals surface area contributed by atoms with E-state index in [9.17, 15) is 23.1 Å². The zero-order chi connectivity index (χ0) is 25.2. The highest BCUT2D eigenvalue weighted by molar-refractivity contribution is 5.92. The minimum Gasteiger partial charge on any atom is -0.491 e. The largest absolute Gasteiger partial charge is 0.491 e. The molecule has 4 rings (SSSR count). The van der Waals surface area contributed by atoms with E-state index in [2.05, 4.69) is 9.97 Å². The second-order valence-corrected chi connectivity index (χ2v) is 8.46. The molecule has 0 saturated carbocycles. The van der Waals surface area contributed by atoms with E-state index in [0.29, 0.717) is 22.6 Å². The molecule has 2 heterocycles. The van der Waals surface area contributed by atoms with Crippen molar-refractivity contribution in [3.63, 3.8) is 0 Å². The molecule has 2 aromatic heterocycles. The third-order valence-electron chi connectivity index (χ3n) is 5.62. The number of aliphatic carboxylic acids is 1. The fraction of sp³-hybridized carbons (Fsp3) is 0.280. The van der Waals surface area contributed by atoms with Crippen molar-refractivity contribution in [3.05, 3.63) is 71.7 Å². The molecule has 4 aromatic rings. The Hall–Kier alpha value is -3.79. The van der Waals surface area contributed by atoms with Gasteiger partial charge in [0.05, 0.1) is 24.2 Å². The van der Waals surface area contributed by atoms with E-state index in [1.54, 1.807) is 32.2 Å². The van der Waals surface area contributed by atoms with Gasteiger partial charge in [-0.25, -0.2) is 4.98 Å². The van der Waals surface area contributed by atoms with E-state index in [0.717, 1.165) is 23.0 Å². The first-order chi connectivity index (χ1) is 16.6. The average molecular weight is 488 g/mol. The van der Waals surface area contributed by atoms with Crippen LogP contribution < -0.4 is 4.74 Å². The van der Waals surface area contributed by atoms with Crippen LogP contribution in [0.2, 0.25) is 0 Å². The van der Waals surface area contributed by atoms with Crippen molar-refractivity contribution in [1.29, 1.82) is 0 Å². The molecule has 0 radical (unpaired) electrons. The summed E-state index contributed by atoms with van der Waals surface area (Å²) in [4.78, 5) is 18.9. The maximum atomic E-state index is 12.7. The summed E-state index contributed by atoms with van der Waals surface area (Å²) >= 11 is 0. The minimum atomic E-state index is -4.40. The van der Waals surface area contributed by atoms with Gasteiger partial charge in [-0.15, -0.1) is 0 Å². The van der Waals surface area contributed by atoms with Gasteiger partial charge in [0, 0.05) is 22.7 Å². The molecule has 2 aromatic carbocycles. The third-order valence-corrected chi connectivity index (χ3v) is 5.62. The van der Waals surface area contributed by atoms with Crippen LogP contribution in [0.3, 0.4) is 0 Å². The highest BCUT2D eigenvalue weighted by Gasteiger charge is 2.32. The monoisotopic (exact) mass is 488 g/mol. The molecule has 2 N–H and O–H groups in total. The number of aromatic amines is 1. The number of oxazole rings is 1. The summed E-state index contributed by atoms with van der Waals surface area (Å²) < 4.78 is 54.7. The Balaban J connectivity index is 1.29. The van der Waals surface area contributed by atoms with Gasteiger partial charge in [-0.1, -0.05) is 0 Å². The van der Waals surface area contributed by atoms with E-state index in [1.807, 2.05) is 6.07 Å². The molecule has 0 aliphatic heterocycles. The topological polar surface area (TPSA) is 97.6 Å². The van der Waals surface area contributed by atoms with E-state index in [1.165, 1.54) is 18.4 Å². The summed E-state index contributed by atoms with van der Waals surface area (Å²) in [5.74, 6) is -0.143. The summed E-state index contributed by atoms with van der Waals surface area (Å²) in [6, 6.07) is 9.96. The number of carboxylic acid groups (broad SMARTS) is 1. The molecule has 0 aliphatic rings. The number of hydrogen-bond acceptors (Lipinski definition) is 5. The average Bonchev–Trinajstić information content (AvgIpc) is 3.45. The summed E-state index contributed by atoms with van der Waals surface area (Å²) in [5, 5.41) is 10.3. The highest BCUT2D eigenvalue weighted by atomic mass is 19.4. The Kier molecular flexibility index (Phi) is 6.58. The van der Waals surface area contributed by atoms with E-state index >= 15 is 0 Å². The number of carbonyl (C=O) groups is 1. The fourth-order valence-electron chi connectivity index (χ4n) is 3.52. The number of fused-ring (bicyclic) bond motifs is 1. The Labute approximate surface area is 198 Å². The Morgan fingerprint density at radius 2 is 1.86 bits per heavy atom. The highest BCUT2D eigenvalue weighted by Crippen LogP contribution is 2.33. The number of ether oxygens (including phenoxy) is 2. The molecule has 0 spiro atoms. The van der Waals surface area contributed by atoms with Crippen LogP contribution in [0.1, 0.15) is 30.7 Å². The summed E-state index contributed by atoms with van der Waals surface area (Å²) in [7, 11) is 0. The Morgan fingerprint density at radius 1 is 1.11 bits per heavy atom. The standard InChI is InChI=1S/C25H23F3N2O5/c1-24(2,23(31)32)20-12-29-21-8-7-18(11-19(20)21)34-10-9-33-13-17-14-35-22(30-17)15-3-5-16(6-4-15)25(26,27)28/h3-8,11-12,14,29H,9-10,13H2,1-2H3,(H,31,32). The number of rotatable bonds is 9. The smallest absolute Gasteiger partial charge is 0.416 e. The van der Waals surface area contributed by atoms with E-state index in [-0.39, 0.29) is 25.7 Å². The predicted octanol–water partition coefficient (Wildman–Crippen LogP) is 5.80. The van der Waals surface area contributed by atoms with Gasteiger partial charge in [-0.05, 0) is 61.9 Å². The van der Waals surface area contributed by atoms with Gasteiger partial charge >= 0.3 is 12.1 Å². The molecular formula is C25H23F3N2O5. The lowest BCUT2D eigenvalue weighted by atomic mass is 9.84. The van der Waals surface area contributed by atoms with Gasteiger partial charge in [0.1, 0.15) is 24.3 Å². The lowest BCUT2D eigenvalue weighted by Gasteiger charge is -2.18. The van der Waals surface area contributed by atoms with Crippen molar-refractivity contribution in [2.45, 2.75) is 32.0 Å². The van der Waals surface area contributed by atoms with Gasteiger partial charge in [-0.3, -0.25) is 4.79 Å². The SMILES string of the molecule is CC(C)(C(=O)O)c1c[nH]c2ccc(OCCOCc3coc(-c4ccc(C(F)(F)F)cc4)n3)cc12. The molecule has 35 heavy (non-hydrogen) atoms. The zero-order valence-corrected chi connectivity index (χ0v) is 19.0. The molecule has 0 saturated heterocycles. The van der Waals surface area contributed by atoms with Crippen LogP contribution in [0, 0.1) is 0 Å². The number of alkyl halides is 3. The molecule has 0 unspecified atom stereocenters. The van der Waals surface area contributed by atoms with Crippen molar-refractivity contribution >= 4 is 16.9 Å². The molecule has 0 aliphatic carbocycles. The van der Waals surface area contributed by atoms with Gasteiger partial charge in [0.2, 0.25) is 5.89 Å². The first-order valence-electron chi connectivity index (χ1n) is 10.7. The van der Waals surface area contributed by atoms with Crippen LogP contribution in [0.25, 0.3) is 22.4 Å². The van der Waals surface area contributed by atoms with Crippen LogP contribution in [0.5, 0.6) is 5.75 Å². The summed E-state index contributed by atoms with van der Waals surface area (Å²) in [5.41, 5.74) is 0.599. The van der Waals surface area contributed by atoms with Gasteiger partial charge < -0.3 is 24.0 Å². The summed E-state index contributed by atoms with van der Waals surface area (Å²) in [6.07, 6.45) is -1.32. The number of halogens is 3. The maximum Gasteiger partial charge on any atom is 0.416 e. The molecule has 10 heteroatoms. The third kappa shape index (κ3) is 5.32. The molecule has 0 bridgehead atoms. The Morgan fingerprint density at radius 3 is 2.54 bits per heavy atom.